The Kier molecular flexibility index (Phi) is 9.13. The molecule has 2 N–H and O–H groups in total. The lowest BCUT2D eigenvalue weighted by molar-refractivity contribution is -0.384. The molecule has 0 spiro atoms. The van der Waals surface area contributed by atoms with Gasteiger partial charge in [0.2, 0.25) is 6.41 Å². The predicted octanol–water partition coefficient (Wildman–Crippen LogP) is 1.73. The molecule has 2 unspecified atom stereocenters. The van der Waals surface area contributed by atoms with E-state index in [9.17, 15) is 29.3 Å². The van der Waals surface area contributed by atoms with E-state index in [4.69, 9.17) is 14.3 Å². The number of thiazole rings is 1. The second-order valence-corrected chi connectivity index (χ2v) is 11.4. The molecule has 3 heterocycles. The Balaban J connectivity index is 1.47. The molecule has 0 bridgehead atoms. The number of thioether (sulfide) groups is 1. The van der Waals surface area contributed by atoms with Gasteiger partial charge in [-0.1, -0.05) is 28.3 Å². The monoisotopic (exact) mass is 654 g/mol. The summed E-state index contributed by atoms with van der Waals surface area (Å²) in [5, 5.41) is 19.0. The van der Waals surface area contributed by atoms with Crippen molar-refractivity contribution in [1.29, 1.82) is 0 Å². The topological polar surface area (TPSA) is 192 Å². The van der Waals surface area contributed by atoms with Gasteiger partial charge in [0.05, 0.1) is 4.92 Å². The van der Waals surface area contributed by atoms with Crippen LogP contribution in [0.2, 0.25) is 0 Å². The number of carbonyl (C=O) groups excluding carboxylic acids is 4. The predicted molar refractivity (Wildman–Crippen MR) is 145 cm³/mol. The van der Waals surface area contributed by atoms with Gasteiger partial charge < -0.3 is 24.9 Å². The van der Waals surface area contributed by atoms with Gasteiger partial charge in [-0.05, 0) is 39.7 Å². The van der Waals surface area contributed by atoms with Gasteiger partial charge in [-0.15, -0.1) is 0 Å². The van der Waals surface area contributed by atoms with Crippen LogP contribution in [0.1, 0.15) is 11.3 Å². The quantitative estimate of drug-likeness (QED) is 0.0895. The highest BCUT2D eigenvalue weighted by Crippen LogP contribution is 2.41. The Hall–Kier alpha value is -3.87. The van der Waals surface area contributed by atoms with Crippen molar-refractivity contribution in [2.45, 2.75) is 23.5 Å². The molecule has 0 saturated carbocycles. The molecule has 3 atom stereocenters. The summed E-state index contributed by atoms with van der Waals surface area (Å²) in [6.45, 7) is -0.188. The van der Waals surface area contributed by atoms with Crippen LogP contribution >= 0.6 is 39.0 Å². The molecule has 1 saturated heterocycles. The lowest BCUT2D eigenvalue weighted by Crippen LogP contribution is -2.71. The fourth-order valence-corrected chi connectivity index (χ4v) is 6.32. The highest BCUT2D eigenvalue weighted by atomic mass is 79.9. The molecule has 2 aliphatic rings. The SMILES string of the molecule is CO/N=C(\C(=O)NC1C(=O)N2C(C(=O)OCc3ccc([N+](=O)[O-])cc3)=CC(OC)S[C@H]12)c1nc(NC=O)sc1Br. The average molecular weight is 655 g/mol. The third kappa shape index (κ3) is 5.98. The maximum absolute atomic E-state index is 13.1. The molecule has 1 aromatic heterocycles. The Morgan fingerprint density at radius 1 is 1.30 bits per heavy atom. The highest BCUT2D eigenvalue weighted by molar-refractivity contribution is 9.11. The van der Waals surface area contributed by atoms with E-state index < -0.39 is 39.6 Å². The number of halogens is 1. The first-order chi connectivity index (χ1) is 19.2. The number of nitrogens with zero attached hydrogens (tertiary/aromatic N) is 4. The van der Waals surface area contributed by atoms with Crippen LogP contribution < -0.4 is 10.6 Å². The van der Waals surface area contributed by atoms with E-state index >= 15 is 0 Å². The number of nitro groups is 1. The summed E-state index contributed by atoms with van der Waals surface area (Å²) in [5.41, 5.74) is -0.463. The van der Waals surface area contributed by atoms with Crippen molar-refractivity contribution in [1.82, 2.24) is 15.2 Å². The number of rotatable bonds is 11. The number of anilines is 1. The van der Waals surface area contributed by atoms with Crippen LogP contribution in [0.3, 0.4) is 0 Å². The summed E-state index contributed by atoms with van der Waals surface area (Å²) < 4.78 is 11.1. The summed E-state index contributed by atoms with van der Waals surface area (Å²) in [6.07, 6.45) is 1.86. The van der Waals surface area contributed by atoms with E-state index in [1.54, 1.807) is 0 Å². The van der Waals surface area contributed by atoms with Crippen molar-refractivity contribution in [3.63, 3.8) is 0 Å². The number of fused-ring (bicyclic) bond motifs is 1. The minimum atomic E-state index is -1.05. The number of amides is 3. The fourth-order valence-electron chi connectivity index (χ4n) is 3.66. The first-order valence-electron chi connectivity index (χ1n) is 11.1. The Morgan fingerprint density at radius 2 is 2.02 bits per heavy atom. The number of aromatic nitrogens is 1. The van der Waals surface area contributed by atoms with Crippen LogP contribution in [0.15, 0.2) is 45.0 Å². The lowest BCUT2D eigenvalue weighted by Gasteiger charge is -2.49. The summed E-state index contributed by atoms with van der Waals surface area (Å²) in [7, 11) is 2.65. The maximum atomic E-state index is 13.1. The largest absolute Gasteiger partial charge is 0.456 e. The van der Waals surface area contributed by atoms with Crippen LogP contribution in [0.25, 0.3) is 0 Å². The number of β-lactam (4-membered cyclic amide) rings is 1. The van der Waals surface area contributed by atoms with Gasteiger partial charge in [-0.3, -0.25) is 29.4 Å². The first kappa shape index (κ1) is 29.1. The number of esters is 1. The molecule has 2 aliphatic heterocycles. The summed E-state index contributed by atoms with van der Waals surface area (Å²) in [5.74, 6) is -2.17. The second kappa shape index (κ2) is 12.5. The smallest absolute Gasteiger partial charge is 0.355 e. The van der Waals surface area contributed by atoms with Gasteiger partial charge in [-0.25, -0.2) is 9.78 Å². The van der Waals surface area contributed by atoms with Crippen LogP contribution in [0.4, 0.5) is 10.8 Å². The van der Waals surface area contributed by atoms with Crippen molar-refractivity contribution in [2.24, 2.45) is 5.16 Å². The van der Waals surface area contributed by atoms with Crippen LogP contribution in [-0.2, 0) is 40.1 Å². The Labute approximate surface area is 242 Å². The number of oxime groups is 1. The van der Waals surface area contributed by atoms with E-state index in [0.29, 0.717) is 15.8 Å². The minimum absolute atomic E-state index is 0.0642. The summed E-state index contributed by atoms with van der Waals surface area (Å²) in [6, 6.07) is 4.43. The number of ether oxygens (including phenoxy) is 2. The zero-order chi connectivity index (χ0) is 29.0. The van der Waals surface area contributed by atoms with Crippen molar-refractivity contribution in [3.05, 3.63) is 61.2 Å². The molecule has 3 amide bonds. The number of hydrogen-bond acceptors (Lipinski definition) is 13. The van der Waals surface area contributed by atoms with E-state index in [-0.39, 0.29) is 34.5 Å². The lowest BCUT2D eigenvalue weighted by atomic mass is 10.0. The molecule has 40 heavy (non-hydrogen) atoms. The van der Waals surface area contributed by atoms with E-state index in [2.05, 4.69) is 36.7 Å². The molecule has 210 valence electrons. The fraction of sp³-hybridized carbons (Fsp3) is 0.273. The number of carbonyl (C=O) groups is 4. The van der Waals surface area contributed by atoms with E-state index in [1.807, 2.05) is 0 Å². The third-order valence-electron chi connectivity index (χ3n) is 5.51. The van der Waals surface area contributed by atoms with Crippen LogP contribution in [0.5, 0.6) is 0 Å². The van der Waals surface area contributed by atoms with E-state index in [1.165, 1.54) is 61.2 Å². The minimum Gasteiger partial charge on any atom is -0.456 e. The van der Waals surface area contributed by atoms with Gasteiger partial charge in [0.25, 0.3) is 17.5 Å². The molecule has 18 heteroatoms. The van der Waals surface area contributed by atoms with Gasteiger partial charge in [-0.2, -0.15) is 0 Å². The molecule has 15 nitrogen and oxygen atoms in total. The molecule has 1 aromatic carbocycles. The van der Waals surface area contributed by atoms with Gasteiger partial charge in [0, 0.05) is 19.2 Å². The first-order valence-corrected chi connectivity index (χ1v) is 13.7. The zero-order valence-corrected chi connectivity index (χ0v) is 23.8. The second-order valence-electron chi connectivity index (χ2n) is 7.87. The number of nitro benzene ring substituents is 1. The van der Waals surface area contributed by atoms with Gasteiger partial charge in [0.1, 0.15) is 45.7 Å². The third-order valence-corrected chi connectivity index (χ3v) is 8.50. The average Bonchev–Trinajstić information content (AvgIpc) is 3.31. The van der Waals surface area contributed by atoms with Crippen LogP contribution in [-0.4, -0.2) is 75.8 Å². The standard InChI is InChI=1S/C22H19BrN6O9S2/c1-36-13-7-12(21(33)38-8-10-3-5-11(6-4-10)29(34)35)28-19(32)16(20(28)39-13)25-18(31)15(27-37-2)14-17(23)40-22(26-14)24-9-30/h3-7,9,13,16,20H,8H2,1-2H3,(H,25,31)(H,24,26,30)/b27-15-/t13?,16?,20-/m1/s1. The number of non-ortho nitro benzene ring substituents is 1. The van der Waals surface area contributed by atoms with Crippen molar-refractivity contribution in [3.8, 4) is 0 Å². The normalized spacial score (nSPS) is 20.0. The molecular formula is C22H19BrN6O9S2. The number of methoxy groups -OCH3 is 1. The highest BCUT2D eigenvalue weighted by Gasteiger charge is 2.55. The van der Waals surface area contributed by atoms with Crippen molar-refractivity contribution >= 4 is 79.8 Å². The Bertz CT molecular complexity index is 1410. The van der Waals surface area contributed by atoms with Gasteiger partial charge in [0.15, 0.2) is 10.8 Å². The Morgan fingerprint density at radius 3 is 2.65 bits per heavy atom. The molecule has 1 fully saturated rings. The molecule has 0 radical (unpaired) electrons. The number of nitrogens with one attached hydrogen (secondary N) is 2. The van der Waals surface area contributed by atoms with Crippen molar-refractivity contribution < 1.29 is 38.4 Å². The summed E-state index contributed by atoms with van der Waals surface area (Å²) >= 11 is 5.50. The summed E-state index contributed by atoms with van der Waals surface area (Å²) in [4.78, 5) is 70.3. The molecule has 2 aromatic rings. The molecule has 0 aliphatic carbocycles. The molecular weight excluding hydrogens is 636 g/mol. The molecule has 4 rings (SSSR count). The van der Waals surface area contributed by atoms with Crippen LogP contribution in [0, 0.1) is 10.1 Å². The number of hydrogen-bond donors (Lipinski definition) is 2. The van der Waals surface area contributed by atoms with E-state index in [0.717, 1.165) is 11.3 Å². The van der Waals surface area contributed by atoms with Gasteiger partial charge >= 0.3 is 5.97 Å². The zero-order valence-electron chi connectivity index (χ0n) is 20.6. The van der Waals surface area contributed by atoms with Crippen molar-refractivity contribution in [2.75, 3.05) is 19.5 Å². The number of benzene rings is 1. The maximum Gasteiger partial charge on any atom is 0.355 e.